The van der Waals surface area contributed by atoms with Crippen LogP contribution in [0, 0.1) is 5.92 Å². The molecule has 0 amide bonds. The number of rotatable bonds is 7. The van der Waals surface area contributed by atoms with E-state index in [1.807, 2.05) is 19.1 Å². The van der Waals surface area contributed by atoms with Gasteiger partial charge in [0.2, 0.25) is 0 Å². The van der Waals surface area contributed by atoms with Gasteiger partial charge in [-0.05, 0) is 0 Å². The maximum absolute atomic E-state index is 14.0. The van der Waals surface area contributed by atoms with Gasteiger partial charge in [-0.25, -0.2) is 0 Å². The van der Waals surface area contributed by atoms with E-state index >= 15 is 0 Å². The second-order valence-electron chi connectivity index (χ2n) is 18.0. The Morgan fingerprint density at radius 2 is 1.00 bits per heavy atom. The summed E-state index contributed by atoms with van der Waals surface area (Å²) in [7, 11) is 17.1. The van der Waals surface area contributed by atoms with E-state index < -0.39 is 51.0 Å². The van der Waals surface area contributed by atoms with Crippen LogP contribution in [0.4, 0.5) is 39.5 Å². The summed E-state index contributed by atoms with van der Waals surface area (Å²) in [6.45, 7) is 12.9. The van der Waals surface area contributed by atoms with Crippen LogP contribution in [-0.2, 0) is 26.4 Å². The SMILES string of the molecule is CC1=Cc2c(-c3ccc(C(C(F)(F)F)(C(F)(F)F)C(F)(F)F)cc3)cccc2[CH]1[Zr]([Cl])([Cl])([CH]1C(C2CCCC2)=Cc2c(-c3ccc(C(C)(C)C)cc3)cccc21)[SiH](C)C. The van der Waals surface area contributed by atoms with E-state index in [-0.39, 0.29) is 30.4 Å². The summed E-state index contributed by atoms with van der Waals surface area (Å²) in [4.78, 5) is 0. The minimum absolute atomic E-state index is 0.0110. The van der Waals surface area contributed by atoms with Crippen LogP contribution in [0.15, 0.2) is 96.1 Å². The van der Waals surface area contributed by atoms with Crippen molar-refractivity contribution in [3.8, 4) is 22.3 Å². The van der Waals surface area contributed by atoms with E-state index in [4.69, 9.17) is 17.0 Å². The molecule has 2 atom stereocenters. The fourth-order valence-corrected chi connectivity index (χ4v) is 42.3. The molecular weight excluding hydrogens is 914 g/mol. The molecule has 7 rings (SSSR count). The molecule has 59 heavy (non-hydrogen) atoms. The first-order chi connectivity index (χ1) is 27.2. The topological polar surface area (TPSA) is 0 Å². The van der Waals surface area contributed by atoms with E-state index in [9.17, 15) is 39.5 Å². The Morgan fingerprint density at radius 3 is 1.42 bits per heavy atom. The summed E-state index contributed by atoms with van der Waals surface area (Å²) in [6, 6.07) is 22.8. The monoisotopic (exact) mass is 957 g/mol. The summed E-state index contributed by atoms with van der Waals surface area (Å²) < 4.78 is 125. The number of benzene rings is 4. The number of fused-ring (bicyclic) bond motifs is 2. The van der Waals surface area contributed by atoms with Crippen LogP contribution < -0.4 is 0 Å². The Kier molecular flexibility index (Phi) is 11.1. The third-order valence-corrected chi connectivity index (χ3v) is 65.3. The van der Waals surface area contributed by atoms with Gasteiger partial charge in [0.1, 0.15) is 0 Å². The quantitative estimate of drug-likeness (QED) is 0.128. The first kappa shape index (κ1) is 44.5. The summed E-state index contributed by atoms with van der Waals surface area (Å²) in [5.74, 6) is -1.70. The van der Waals surface area contributed by atoms with Gasteiger partial charge >= 0.3 is 351 Å². The Morgan fingerprint density at radius 1 is 0.576 bits per heavy atom. The molecular formula is C46H46Cl2F9SiZr. The van der Waals surface area contributed by atoms with Crippen molar-refractivity contribution < 1.29 is 55.1 Å². The second kappa shape index (κ2) is 14.8. The van der Waals surface area contributed by atoms with Gasteiger partial charge in [0.05, 0.1) is 0 Å². The molecule has 3 aliphatic carbocycles. The molecule has 0 aliphatic heterocycles. The first-order valence-electron chi connectivity index (χ1n) is 19.9. The fraction of sp³-hybridized carbons (Fsp3) is 0.391. The maximum atomic E-state index is 14.0. The normalized spacial score (nSPS) is 20.0. The zero-order valence-corrected chi connectivity index (χ0v) is 38.7. The second-order valence-corrected chi connectivity index (χ2v) is 60.5. The van der Waals surface area contributed by atoms with Crippen molar-refractivity contribution >= 4 is 35.1 Å². The van der Waals surface area contributed by atoms with Crippen molar-refractivity contribution in [2.24, 2.45) is 5.92 Å². The molecule has 0 heterocycles. The van der Waals surface area contributed by atoms with Gasteiger partial charge < -0.3 is 0 Å². The Balaban J connectivity index is 1.37. The van der Waals surface area contributed by atoms with Crippen LogP contribution in [0.25, 0.3) is 34.4 Å². The first-order valence-corrected chi connectivity index (χ1v) is 36.2. The summed E-state index contributed by atoms with van der Waals surface area (Å²) in [6.07, 6.45) is -11.6. The van der Waals surface area contributed by atoms with E-state index in [0.29, 0.717) is 17.0 Å². The molecule has 2 unspecified atom stereocenters. The number of allylic oxidation sites excluding steroid dienone is 2. The van der Waals surface area contributed by atoms with Gasteiger partial charge in [0, 0.05) is 0 Å². The van der Waals surface area contributed by atoms with Crippen LogP contribution >= 0.6 is 17.0 Å². The number of hydrogen-bond acceptors (Lipinski definition) is 0. The van der Waals surface area contributed by atoms with Gasteiger partial charge in [-0.3, -0.25) is 0 Å². The molecule has 1 fully saturated rings. The molecule has 0 N–H and O–H groups in total. The molecule has 1 saturated carbocycles. The van der Waals surface area contributed by atoms with Crippen LogP contribution in [0.5, 0.6) is 0 Å². The Bertz CT molecular complexity index is 2290. The van der Waals surface area contributed by atoms with E-state index in [1.54, 1.807) is 12.1 Å². The van der Waals surface area contributed by atoms with Crippen molar-refractivity contribution in [2.75, 3.05) is 0 Å². The Hall–Kier alpha value is -2.59. The van der Waals surface area contributed by atoms with Crippen LogP contribution in [0.1, 0.15) is 94.0 Å². The molecule has 0 bridgehead atoms. The predicted molar refractivity (Wildman–Crippen MR) is 222 cm³/mol. The van der Waals surface area contributed by atoms with Crippen LogP contribution in [0.2, 0.25) is 13.1 Å². The van der Waals surface area contributed by atoms with Crippen molar-refractivity contribution in [1.82, 2.24) is 0 Å². The molecule has 315 valence electrons. The molecule has 0 saturated heterocycles. The van der Waals surface area contributed by atoms with Crippen molar-refractivity contribution in [3.63, 3.8) is 0 Å². The number of hydrogen-bond donors (Lipinski definition) is 0. The number of halogens is 11. The number of alkyl halides is 9. The van der Waals surface area contributed by atoms with E-state index in [0.717, 1.165) is 71.2 Å². The standard InChI is InChI=1S/C24H27.C20H12F9.C2H7Si.2ClH.Zr/c1-24(2,3)21-13-11-18(12-14-21)22-10-6-9-19-15-20(16-23(19)22)17-7-4-5-8-17;1-11-9-13-3-2-4-15(16(13)10-11)12-5-7-14(8-6-12)17(18(21,22)23,19(24,25)26)20(27,28)29;1-3-2;;;/h6,9-17H,4-5,7-8H2,1-3H3;2-10H,1H3;3H,1-2H3;2*1H;/q;;;;;+2/p-2. The van der Waals surface area contributed by atoms with Crippen LogP contribution in [0.3, 0.4) is 0 Å². The van der Waals surface area contributed by atoms with Crippen molar-refractivity contribution in [3.05, 3.63) is 129 Å². The van der Waals surface area contributed by atoms with Crippen molar-refractivity contribution in [1.29, 1.82) is 0 Å². The molecule has 4 aromatic rings. The fourth-order valence-electron chi connectivity index (χ4n) is 10.3. The predicted octanol–water partition coefficient (Wildman–Crippen LogP) is 16.0. The van der Waals surface area contributed by atoms with Gasteiger partial charge in [-0.15, -0.1) is 0 Å². The average molecular weight is 960 g/mol. The van der Waals surface area contributed by atoms with Crippen LogP contribution in [-0.4, -0.2) is 24.5 Å². The molecule has 0 radical (unpaired) electrons. The molecule has 0 aromatic heterocycles. The summed E-state index contributed by atoms with van der Waals surface area (Å²) in [5.41, 5.74) is 1.93. The minimum atomic E-state index is -6.71. The van der Waals surface area contributed by atoms with Gasteiger partial charge in [-0.2, -0.15) is 0 Å². The zero-order valence-electron chi connectivity index (χ0n) is 33.5. The van der Waals surface area contributed by atoms with Gasteiger partial charge in [0.15, 0.2) is 0 Å². The third kappa shape index (κ3) is 6.89. The zero-order chi connectivity index (χ0) is 43.3. The van der Waals surface area contributed by atoms with Gasteiger partial charge in [0.25, 0.3) is 0 Å². The molecule has 0 spiro atoms. The molecule has 13 heteroatoms. The van der Waals surface area contributed by atoms with E-state index in [1.165, 1.54) is 11.1 Å². The summed E-state index contributed by atoms with van der Waals surface area (Å²) in [5, 5.41) is 0. The molecule has 4 aromatic carbocycles. The third-order valence-electron chi connectivity index (χ3n) is 13.4. The Labute approximate surface area is 348 Å². The summed E-state index contributed by atoms with van der Waals surface area (Å²) >= 11 is -5.30. The molecule has 0 nitrogen and oxygen atoms in total. The van der Waals surface area contributed by atoms with Gasteiger partial charge in [-0.1, -0.05) is 0 Å². The average Bonchev–Trinajstić information content (AvgIpc) is 3.87. The van der Waals surface area contributed by atoms with Crippen molar-refractivity contribution in [2.45, 2.75) is 103 Å². The van der Waals surface area contributed by atoms with E-state index in [2.05, 4.69) is 82.4 Å². The molecule has 3 aliphatic rings.